The molecule has 1 fully saturated rings. The SMILES string of the molecule is CC1C(CC(=O)O)C1C(=O)c1ccc(Cl)c(Cl)c1. The van der Waals surface area contributed by atoms with Gasteiger partial charge in [-0.3, -0.25) is 9.59 Å². The second-order valence-corrected chi connectivity index (χ2v) is 5.45. The number of carboxylic acid groups (broad SMARTS) is 1. The van der Waals surface area contributed by atoms with Crippen molar-refractivity contribution in [3.8, 4) is 0 Å². The maximum atomic E-state index is 12.2. The van der Waals surface area contributed by atoms with Crippen LogP contribution in [0.2, 0.25) is 10.0 Å². The van der Waals surface area contributed by atoms with Crippen molar-refractivity contribution in [2.24, 2.45) is 17.8 Å². The fourth-order valence-corrected chi connectivity index (χ4v) is 2.63. The van der Waals surface area contributed by atoms with Gasteiger partial charge in [-0.05, 0) is 30.0 Å². The Morgan fingerprint density at radius 1 is 1.28 bits per heavy atom. The summed E-state index contributed by atoms with van der Waals surface area (Å²) in [7, 11) is 0. The fraction of sp³-hybridized carbons (Fsp3) is 0.385. The van der Waals surface area contributed by atoms with E-state index in [4.69, 9.17) is 28.3 Å². The van der Waals surface area contributed by atoms with E-state index in [1.54, 1.807) is 12.1 Å². The average molecular weight is 287 g/mol. The van der Waals surface area contributed by atoms with Crippen molar-refractivity contribution in [3.63, 3.8) is 0 Å². The van der Waals surface area contributed by atoms with Gasteiger partial charge in [-0.1, -0.05) is 30.1 Å². The second-order valence-electron chi connectivity index (χ2n) is 4.64. The fourth-order valence-electron chi connectivity index (χ4n) is 2.34. The minimum Gasteiger partial charge on any atom is -0.481 e. The number of halogens is 2. The largest absolute Gasteiger partial charge is 0.481 e. The summed E-state index contributed by atoms with van der Waals surface area (Å²) in [6, 6.07) is 4.74. The molecule has 1 aromatic rings. The molecule has 1 N–H and O–H groups in total. The van der Waals surface area contributed by atoms with Crippen molar-refractivity contribution in [1.82, 2.24) is 0 Å². The van der Waals surface area contributed by atoms with E-state index in [1.165, 1.54) is 6.07 Å². The van der Waals surface area contributed by atoms with Crippen LogP contribution in [0.1, 0.15) is 23.7 Å². The van der Waals surface area contributed by atoms with Crippen LogP contribution >= 0.6 is 23.2 Å². The lowest BCUT2D eigenvalue weighted by atomic mass is 10.0. The number of hydrogen-bond acceptors (Lipinski definition) is 2. The molecule has 5 heteroatoms. The van der Waals surface area contributed by atoms with Crippen LogP contribution in [0, 0.1) is 17.8 Å². The third kappa shape index (κ3) is 2.52. The van der Waals surface area contributed by atoms with E-state index in [1.807, 2.05) is 6.92 Å². The van der Waals surface area contributed by atoms with Crippen LogP contribution in [-0.4, -0.2) is 16.9 Å². The number of rotatable bonds is 4. The van der Waals surface area contributed by atoms with Crippen molar-refractivity contribution in [2.75, 3.05) is 0 Å². The van der Waals surface area contributed by atoms with Crippen LogP contribution in [0.5, 0.6) is 0 Å². The number of hydrogen-bond donors (Lipinski definition) is 1. The van der Waals surface area contributed by atoms with E-state index in [-0.39, 0.29) is 30.0 Å². The molecule has 3 atom stereocenters. The lowest BCUT2D eigenvalue weighted by Crippen LogP contribution is -2.06. The molecule has 96 valence electrons. The van der Waals surface area contributed by atoms with Gasteiger partial charge in [0.05, 0.1) is 10.0 Å². The summed E-state index contributed by atoms with van der Waals surface area (Å²) in [5.74, 6) is -1.07. The van der Waals surface area contributed by atoms with E-state index >= 15 is 0 Å². The van der Waals surface area contributed by atoms with Crippen molar-refractivity contribution < 1.29 is 14.7 Å². The zero-order valence-corrected chi connectivity index (χ0v) is 11.2. The molecule has 0 heterocycles. The Morgan fingerprint density at radius 3 is 2.50 bits per heavy atom. The minimum atomic E-state index is -0.865. The zero-order chi connectivity index (χ0) is 13.4. The van der Waals surface area contributed by atoms with Gasteiger partial charge in [0.15, 0.2) is 5.78 Å². The first-order chi connectivity index (χ1) is 8.41. The number of carbonyl (C=O) groups excluding carboxylic acids is 1. The topological polar surface area (TPSA) is 54.4 Å². The van der Waals surface area contributed by atoms with Crippen LogP contribution in [-0.2, 0) is 4.79 Å². The second kappa shape index (κ2) is 4.90. The molecule has 2 rings (SSSR count). The molecule has 1 aromatic carbocycles. The van der Waals surface area contributed by atoms with Gasteiger partial charge in [0.2, 0.25) is 0 Å². The van der Waals surface area contributed by atoms with Crippen LogP contribution in [0.25, 0.3) is 0 Å². The highest BCUT2D eigenvalue weighted by atomic mass is 35.5. The molecule has 0 aromatic heterocycles. The summed E-state index contributed by atoms with van der Waals surface area (Å²) in [5, 5.41) is 9.48. The highest BCUT2D eigenvalue weighted by molar-refractivity contribution is 6.42. The molecule has 0 amide bonds. The van der Waals surface area contributed by atoms with Gasteiger partial charge in [0.1, 0.15) is 0 Å². The monoisotopic (exact) mass is 286 g/mol. The highest BCUT2D eigenvalue weighted by Gasteiger charge is 2.52. The Balaban J connectivity index is 2.13. The van der Waals surface area contributed by atoms with Crippen LogP contribution in [0.15, 0.2) is 18.2 Å². The molecule has 18 heavy (non-hydrogen) atoms. The first-order valence-electron chi connectivity index (χ1n) is 5.63. The molecule has 1 saturated carbocycles. The lowest BCUT2D eigenvalue weighted by Gasteiger charge is -2.02. The summed E-state index contributed by atoms with van der Waals surface area (Å²) in [5.41, 5.74) is 0.495. The number of aliphatic carboxylic acids is 1. The Morgan fingerprint density at radius 2 is 1.94 bits per heavy atom. The van der Waals surface area contributed by atoms with E-state index in [2.05, 4.69) is 0 Å². The molecule has 1 aliphatic carbocycles. The maximum absolute atomic E-state index is 12.2. The lowest BCUT2D eigenvalue weighted by molar-refractivity contribution is -0.137. The van der Waals surface area contributed by atoms with Gasteiger partial charge in [-0.15, -0.1) is 0 Å². The Labute approximate surface area is 115 Å². The van der Waals surface area contributed by atoms with Crippen LogP contribution in [0.3, 0.4) is 0 Å². The van der Waals surface area contributed by atoms with Gasteiger partial charge < -0.3 is 5.11 Å². The first kappa shape index (κ1) is 13.4. The van der Waals surface area contributed by atoms with Crippen LogP contribution in [0.4, 0.5) is 0 Å². The first-order valence-corrected chi connectivity index (χ1v) is 6.38. The summed E-state index contributed by atoms with van der Waals surface area (Å²) in [6.45, 7) is 1.90. The van der Waals surface area contributed by atoms with Crippen molar-refractivity contribution in [3.05, 3.63) is 33.8 Å². The van der Waals surface area contributed by atoms with E-state index in [9.17, 15) is 9.59 Å². The predicted octanol–water partition coefficient (Wildman–Crippen LogP) is 3.53. The number of benzene rings is 1. The molecular formula is C13H12Cl2O3. The maximum Gasteiger partial charge on any atom is 0.303 e. The quantitative estimate of drug-likeness (QED) is 0.862. The standard InChI is InChI=1S/C13H12Cl2O3/c1-6-8(5-11(16)17)12(6)13(18)7-2-3-9(14)10(15)4-7/h2-4,6,8,12H,5H2,1H3,(H,16,17). The van der Waals surface area contributed by atoms with Crippen LogP contribution < -0.4 is 0 Å². The van der Waals surface area contributed by atoms with Gasteiger partial charge in [-0.25, -0.2) is 0 Å². The van der Waals surface area contributed by atoms with Gasteiger partial charge in [0, 0.05) is 17.9 Å². The highest BCUT2D eigenvalue weighted by Crippen LogP contribution is 2.50. The summed E-state index contributed by atoms with van der Waals surface area (Å²) < 4.78 is 0. The van der Waals surface area contributed by atoms with Gasteiger partial charge >= 0.3 is 5.97 Å². The molecule has 0 saturated heterocycles. The third-order valence-electron chi connectivity index (χ3n) is 3.48. The van der Waals surface area contributed by atoms with Gasteiger partial charge in [-0.2, -0.15) is 0 Å². The summed E-state index contributed by atoms with van der Waals surface area (Å²) in [6.07, 6.45) is 0.0406. The summed E-state index contributed by atoms with van der Waals surface area (Å²) in [4.78, 5) is 22.8. The molecule has 0 bridgehead atoms. The Kier molecular flexibility index (Phi) is 3.64. The van der Waals surface area contributed by atoms with E-state index < -0.39 is 5.97 Å². The number of carbonyl (C=O) groups is 2. The molecule has 0 aliphatic heterocycles. The third-order valence-corrected chi connectivity index (χ3v) is 4.22. The number of Topliss-reactive ketones (excluding diaryl/α,β-unsaturated/α-hetero) is 1. The molecule has 1 aliphatic rings. The van der Waals surface area contributed by atoms with E-state index in [0.29, 0.717) is 15.6 Å². The molecule has 3 nitrogen and oxygen atoms in total. The van der Waals surface area contributed by atoms with E-state index in [0.717, 1.165) is 0 Å². The minimum absolute atomic E-state index is 0.0406. The Hall–Kier alpha value is -1.06. The number of ketones is 1. The van der Waals surface area contributed by atoms with Crippen molar-refractivity contribution >= 4 is 35.0 Å². The van der Waals surface area contributed by atoms with Crippen molar-refractivity contribution in [1.29, 1.82) is 0 Å². The average Bonchev–Trinajstić information content (AvgIpc) is 2.91. The molecule has 3 unspecified atom stereocenters. The zero-order valence-electron chi connectivity index (χ0n) is 9.69. The normalized spacial score (nSPS) is 25.8. The summed E-state index contributed by atoms with van der Waals surface area (Å²) >= 11 is 11.6. The molecule has 0 radical (unpaired) electrons. The molecular weight excluding hydrogens is 275 g/mol. The Bertz CT molecular complexity index is 513. The number of carboxylic acids is 1. The molecule has 0 spiro atoms. The van der Waals surface area contributed by atoms with Crippen molar-refractivity contribution in [2.45, 2.75) is 13.3 Å². The smallest absolute Gasteiger partial charge is 0.303 e. The van der Waals surface area contributed by atoms with Gasteiger partial charge in [0.25, 0.3) is 0 Å². The predicted molar refractivity (Wildman–Crippen MR) is 69.2 cm³/mol.